The normalized spacial score (nSPS) is 17.5. The van der Waals surface area contributed by atoms with Crippen molar-refractivity contribution < 1.29 is 17.9 Å². The summed E-state index contributed by atoms with van der Waals surface area (Å²) < 4.78 is 32.5. The van der Waals surface area contributed by atoms with Crippen molar-refractivity contribution in [1.82, 2.24) is 14.5 Å². The summed E-state index contributed by atoms with van der Waals surface area (Å²) in [5, 5.41) is 2.91. The van der Waals surface area contributed by atoms with E-state index in [1.165, 1.54) is 34.2 Å². The summed E-state index contributed by atoms with van der Waals surface area (Å²) in [7, 11) is -1.73. The SMILES string of the molecule is CN(Cc1ccccc1N1CCCC1)C(=O)NCc1ccc(S(=O)(=O)N2CCOCC2)s1. The molecule has 2 amide bonds. The van der Waals surface area contributed by atoms with Crippen molar-refractivity contribution in [2.24, 2.45) is 0 Å². The van der Waals surface area contributed by atoms with E-state index in [2.05, 4.69) is 22.3 Å². The summed E-state index contributed by atoms with van der Waals surface area (Å²) in [6.07, 6.45) is 2.41. The Morgan fingerprint density at radius 1 is 1.09 bits per heavy atom. The van der Waals surface area contributed by atoms with Crippen LogP contribution in [0.1, 0.15) is 23.3 Å². The number of benzene rings is 1. The van der Waals surface area contributed by atoms with Gasteiger partial charge in [-0.05, 0) is 36.6 Å². The third-order valence-electron chi connectivity index (χ3n) is 5.81. The number of ether oxygens (including phenoxy) is 1. The lowest BCUT2D eigenvalue weighted by Gasteiger charge is -2.25. The molecular weight excluding hydrogens is 448 g/mol. The monoisotopic (exact) mass is 478 g/mol. The maximum absolute atomic E-state index is 12.8. The fourth-order valence-electron chi connectivity index (χ4n) is 4.04. The van der Waals surface area contributed by atoms with Crippen LogP contribution in [0.4, 0.5) is 10.5 Å². The molecule has 10 heteroatoms. The number of sulfonamides is 1. The first-order chi connectivity index (χ1) is 15.4. The zero-order valence-electron chi connectivity index (χ0n) is 18.3. The minimum Gasteiger partial charge on any atom is -0.379 e. The van der Waals surface area contributed by atoms with Crippen LogP contribution < -0.4 is 10.2 Å². The molecule has 174 valence electrons. The average molecular weight is 479 g/mol. The largest absolute Gasteiger partial charge is 0.379 e. The summed E-state index contributed by atoms with van der Waals surface area (Å²) in [6.45, 7) is 4.50. The third kappa shape index (κ3) is 5.25. The highest BCUT2D eigenvalue weighted by Crippen LogP contribution is 2.27. The number of anilines is 1. The van der Waals surface area contributed by atoms with E-state index in [0.29, 0.717) is 43.6 Å². The molecule has 2 fully saturated rings. The van der Waals surface area contributed by atoms with Crippen LogP contribution in [0.2, 0.25) is 0 Å². The Kier molecular flexibility index (Phi) is 7.34. The van der Waals surface area contributed by atoms with Crippen molar-refractivity contribution in [3.63, 3.8) is 0 Å². The van der Waals surface area contributed by atoms with Crippen LogP contribution in [-0.4, -0.2) is 70.1 Å². The number of morpholine rings is 1. The Bertz CT molecular complexity index is 1030. The third-order valence-corrected chi connectivity index (χ3v) is 9.26. The lowest BCUT2D eigenvalue weighted by Crippen LogP contribution is -2.40. The van der Waals surface area contributed by atoms with Crippen molar-refractivity contribution in [2.45, 2.75) is 30.1 Å². The van der Waals surface area contributed by atoms with Gasteiger partial charge in [0.05, 0.1) is 19.8 Å². The van der Waals surface area contributed by atoms with Crippen LogP contribution in [0.5, 0.6) is 0 Å². The molecular formula is C22H30N4O4S2. The molecule has 0 radical (unpaired) electrons. The molecule has 0 saturated carbocycles. The van der Waals surface area contributed by atoms with E-state index in [9.17, 15) is 13.2 Å². The molecule has 0 atom stereocenters. The Labute approximate surface area is 193 Å². The van der Waals surface area contributed by atoms with Gasteiger partial charge in [0.1, 0.15) is 4.21 Å². The number of amides is 2. The highest BCUT2D eigenvalue weighted by atomic mass is 32.2. The molecule has 8 nitrogen and oxygen atoms in total. The second-order valence-corrected chi connectivity index (χ2v) is 11.4. The van der Waals surface area contributed by atoms with Gasteiger partial charge < -0.3 is 19.9 Å². The number of para-hydroxylation sites is 1. The number of carbonyl (C=O) groups is 1. The summed E-state index contributed by atoms with van der Waals surface area (Å²) >= 11 is 1.20. The average Bonchev–Trinajstić information content (AvgIpc) is 3.51. The molecule has 2 aromatic rings. The van der Waals surface area contributed by atoms with Crippen molar-refractivity contribution in [2.75, 3.05) is 51.3 Å². The summed E-state index contributed by atoms with van der Waals surface area (Å²) in [6, 6.07) is 11.4. The lowest BCUT2D eigenvalue weighted by molar-refractivity contribution is 0.0731. The number of nitrogens with one attached hydrogen (secondary N) is 1. The molecule has 1 aromatic carbocycles. The molecule has 2 aliphatic rings. The maximum Gasteiger partial charge on any atom is 0.317 e. The van der Waals surface area contributed by atoms with Gasteiger partial charge in [0, 0.05) is 50.3 Å². The van der Waals surface area contributed by atoms with Crippen molar-refractivity contribution in [1.29, 1.82) is 0 Å². The molecule has 0 unspecified atom stereocenters. The van der Waals surface area contributed by atoms with Gasteiger partial charge >= 0.3 is 6.03 Å². The van der Waals surface area contributed by atoms with E-state index in [1.54, 1.807) is 24.1 Å². The molecule has 2 aliphatic heterocycles. The number of urea groups is 1. The molecule has 1 aromatic heterocycles. The van der Waals surface area contributed by atoms with Gasteiger partial charge in [0.2, 0.25) is 0 Å². The number of thiophene rings is 1. The lowest BCUT2D eigenvalue weighted by atomic mass is 10.1. The smallest absolute Gasteiger partial charge is 0.317 e. The van der Waals surface area contributed by atoms with Gasteiger partial charge in [-0.15, -0.1) is 11.3 Å². The van der Waals surface area contributed by atoms with Crippen LogP contribution in [-0.2, 0) is 27.8 Å². The van der Waals surface area contributed by atoms with Gasteiger partial charge in [0.15, 0.2) is 0 Å². The van der Waals surface area contributed by atoms with Crippen LogP contribution >= 0.6 is 11.3 Å². The maximum atomic E-state index is 12.8. The van der Waals surface area contributed by atoms with Crippen molar-refractivity contribution >= 4 is 33.1 Å². The topological polar surface area (TPSA) is 82.2 Å². The quantitative estimate of drug-likeness (QED) is 0.662. The zero-order chi connectivity index (χ0) is 22.6. The summed E-state index contributed by atoms with van der Waals surface area (Å²) in [4.78, 5) is 17.5. The van der Waals surface area contributed by atoms with Gasteiger partial charge in [-0.3, -0.25) is 0 Å². The number of nitrogens with zero attached hydrogens (tertiary/aromatic N) is 3. The fraction of sp³-hybridized carbons (Fsp3) is 0.500. The molecule has 32 heavy (non-hydrogen) atoms. The van der Waals surface area contributed by atoms with Crippen molar-refractivity contribution in [3.8, 4) is 0 Å². The molecule has 2 saturated heterocycles. The van der Waals surface area contributed by atoms with E-state index in [1.807, 2.05) is 12.1 Å². The number of rotatable bonds is 7. The highest BCUT2D eigenvalue weighted by molar-refractivity contribution is 7.91. The van der Waals surface area contributed by atoms with E-state index >= 15 is 0 Å². The number of carbonyl (C=O) groups excluding carboxylic acids is 1. The van der Waals surface area contributed by atoms with Gasteiger partial charge in [0.25, 0.3) is 10.0 Å². The molecule has 0 spiro atoms. The van der Waals surface area contributed by atoms with Crippen LogP contribution in [0.25, 0.3) is 0 Å². The standard InChI is InChI=1S/C22H30N4O4S2/c1-24(17-18-6-2-3-7-20(18)25-10-4-5-11-25)22(27)23-16-19-8-9-21(31-19)32(28,29)26-12-14-30-15-13-26/h2-3,6-9H,4-5,10-17H2,1H3,(H,23,27). The Hall–Kier alpha value is -2.14. The summed E-state index contributed by atoms with van der Waals surface area (Å²) in [5.41, 5.74) is 2.32. The Morgan fingerprint density at radius 2 is 1.81 bits per heavy atom. The first-order valence-corrected chi connectivity index (χ1v) is 13.2. The van der Waals surface area contributed by atoms with E-state index < -0.39 is 10.0 Å². The zero-order valence-corrected chi connectivity index (χ0v) is 20.0. The van der Waals surface area contributed by atoms with Crippen molar-refractivity contribution in [3.05, 3.63) is 46.8 Å². The van der Waals surface area contributed by atoms with Crippen LogP contribution in [0.3, 0.4) is 0 Å². The van der Waals surface area contributed by atoms with Gasteiger partial charge in [-0.2, -0.15) is 4.31 Å². The molecule has 4 rings (SSSR count). The summed E-state index contributed by atoms with van der Waals surface area (Å²) in [5.74, 6) is 0. The fourth-order valence-corrected chi connectivity index (χ4v) is 6.90. The van der Waals surface area contributed by atoms with E-state index in [0.717, 1.165) is 23.5 Å². The number of hydrogen-bond donors (Lipinski definition) is 1. The molecule has 1 N–H and O–H groups in total. The highest BCUT2D eigenvalue weighted by Gasteiger charge is 2.27. The van der Waals surface area contributed by atoms with E-state index in [-0.39, 0.29) is 6.03 Å². The minimum absolute atomic E-state index is 0.188. The minimum atomic E-state index is -3.51. The number of hydrogen-bond acceptors (Lipinski definition) is 6. The predicted molar refractivity (Wildman–Crippen MR) is 125 cm³/mol. The van der Waals surface area contributed by atoms with Crippen LogP contribution in [0, 0.1) is 0 Å². The van der Waals surface area contributed by atoms with Gasteiger partial charge in [-0.25, -0.2) is 13.2 Å². The predicted octanol–water partition coefficient (Wildman–Crippen LogP) is 2.71. The molecule has 0 aliphatic carbocycles. The Balaban J connectivity index is 1.33. The Morgan fingerprint density at radius 3 is 2.56 bits per heavy atom. The second kappa shape index (κ2) is 10.2. The molecule has 3 heterocycles. The van der Waals surface area contributed by atoms with Gasteiger partial charge in [-0.1, -0.05) is 18.2 Å². The molecule has 0 bridgehead atoms. The first-order valence-electron chi connectivity index (χ1n) is 10.9. The first kappa shape index (κ1) is 23.0. The van der Waals surface area contributed by atoms with E-state index in [4.69, 9.17) is 4.74 Å². The second-order valence-electron chi connectivity index (χ2n) is 8.07. The van der Waals surface area contributed by atoms with Crippen LogP contribution in [0.15, 0.2) is 40.6 Å².